The minimum atomic E-state index is -1.18. The number of aliphatic hydroxyl groups excluding tert-OH is 1. The summed E-state index contributed by atoms with van der Waals surface area (Å²) in [5.41, 5.74) is -0.136. The van der Waals surface area contributed by atoms with E-state index in [0.717, 1.165) is 0 Å². The van der Waals surface area contributed by atoms with E-state index in [9.17, 15) is 9.90 Å². The van der Waals surface area contributed by atoms with Crippen molar-refractivity contribution in [1.82, 2.24) is 10.1 Å². The fraction of sp³-hybridized carbons (Fsp3) is 0.562. The molecular weight excluding hydrogens is 300 g/mol. The quantitative estimate of drug-likeness (QED) is 0.845. The number of nitrogens with zero attached hydrogens (tertiary/aromatic N) is 2. The van der Waals surface area contributed by atoms with Crippen LogP contribution in [-0.4, -0.2) is 26.8 Å². The predicted octanol–water partition coefficient (Wildman–Crippen LogP) is 3.04. The molecule has 2 aromatic rings. The number of ether oxygens (including phenoxy) is 1. The highest BCUT2D eigenvalue weighted by Gasteiger charge is 2.33. The maximum absolute atomic E-state index is 12.2. The van der Waals surface area contributed by atoms with Crippen LogP contribution in [0.2, 0.25) is 0 Å². The lowest BCUT2D eigenvalue weighted by Gasteiger charge is -2.24. The van der Waals surface area contributed by atoms with E-state index in [2.05, 4.69) is 10.1 Å². The second-order valence-corrected chi connectivity index (χ2v) is 6.38. The molecule has 0 spiro atoms. The minimum absolute atomic E-state index is 0.0540. The van der Waals surface area contributed by atoms with Gasteiger partial charge in [0, 0.05) is 6.07 Å². The number of rotatable bonds is 5. The van der Waals surface area contributed by atoms with Gasteiger partial charge in [0.05, 0.1) is 12.1 Å². The van der Waals surface area contributed by atoms with Gasteiger partial charge in [-0.25, -0.2) is 4.98 Å². The Morgan fingerprint density at radius 1 is 1.43 bits per heavy atom. The monoisotopic (exact) mass is 322 g/mol. The number of esters is 1. The van der Waals surface area contributed by atoms with Gasteiger partial charge in [-0.3, -0.25) is 4.79 Å². The first-order chi connectivity index (χ1) is 10.7. The highest BCUT2D eigenvalue weighted by atomic mass is 16.6. The van der Waals surface area contributed by atoms with Crippen molar-refractivity contribution in [3.63, 3.8) is 0 Å². The van der Waals surface area contributed by atoms with Crippen molar-refractivity contribution in [2.45, 2.75) is 52.7 Å². The van der Waals surface area contributed by atoms with Crippen LogP contribution in [0, 0.1) is 12.8 Å². The van der Waals surface area contributed by atoms with Gasteiger partial charge in [0.25, 0.3) is 0 Å². The Bertz CT molecular complexity index is 668. The molecular formula is C16H22N2O5. The fourth-order valence-electron chi connectivity index (χ4n) is 2.09. The zero-order valence-corrected chi connectivity index (χ0v) is 14.0. The molecule has 7 nitrogen and oxygen atoms in total. The Labute approximate surface area is 134 Å². The summed E-state index contributed by atoms with van der Waals surface area (Å²) in [5, 5.41) is 14.2. The number of hydrogen-bond acceptors (Lipinski definition) is 7. The first kappa shape index (κ1) is 17.2. The molecule has 1 unspecified atom stereocenters. The molecule has 7 heteroatoms. The SMILES string of the molecule is CC[C@H](C(=O)OC(C)(C)C)C(O)c1ncc(-c2cc(C)on2)o1. The molecule has 0 saturated heterocycles. The van der Waals surface area contributed by atoms with E-state index in [1.807, 2.05) is 0 Å². The van der Waals surface area contributed by atoms with Crippen LogP contribution in [0.4, 0.5) is 0 Å². The van der Waals surface area contributed by atoms with Crippen molar-refractivity contribution in [1.29, 1.82) is 0 Å². The second-order valence-electron chi connectivity index (χ2n) is 6.38. The lowest BCUT2D eigenvalue weighted by Crippen LogP contribution is -2.31. The number of carbonyl (C=O) groups excluding carboxylic acids is 1. The highest BCUT2D eigenvalue weighted by Crippen LogP contribution is 2.29. The van der Waals surface area contributed by atoms with E-state index in [-0.39, 0.29) is 5.89 Å². The number of carbonyl (C=O) groups is 1. The van der Waals surface area contributed by atoms with Gasteiger partial charge in [0.1, 0.15) is 17.5 Å². The maximum atomic E-state index is 12.2. The average molecular weight is 322 g/mol. The Kier molecular flexibility index (Phi) is 4.89. The van der Waals surface area contributed by atoms with Gasteiger partial charge in [-0.1, -0.05) is 12.1 Å². The topological polar surface area (TPSA) is 98.6 Å². The molecule has 0 aliphatic rings. The van der Waals surface area contributed by atoms with Crippen LogP contribution in [0.3, 0.4) is 0 Å². The van der Waals surface area contributed by atoms with E-state index in [4.69, 9.17) is 13.7 Å². The van der Waals surface area contributed by atoms with Crippen molar-refractivity contribution in [2.24, 2.45) is 5.92 Å². The fourth-order valence-corrected chi connectivity index (χ4v) is 2.09. The van der Waals surface area contributed by atoms with Crippen LogP contribution >= 0.6 is 0 Å². The smallest absolute Gasteiger partial charge is 0.312 e. The summed E-state index contributed by atoms with van der Waals surface area (Å²) in [5.74, 6) is -0.170. The third kappa shape index (κ3) is 4.19. The highest BCUT2D eigenvalue weighted by molar-refractivity contribution is 5.73. The van der Waals surface area contributed by atoms with Crippen LogP contribution in [-0.2, 0) is 9.53 Å². The molecule has 2 aromatic heterocycles. The first-order valence-electron chi connectivity index (χ1n) is 7.51. The van der Waals surface area contributed by atoms with E-state index in [0.29, 0.717) is 23.6 Å². The molecule has 2 rings (SSSR count). The molecule has 1 N–H and O–H groups in total. The second kappa shape index (κ2) is 6.54. The Balaban J connectivity index is 2.16. The molecule has 0 aliphatic carbocycles. The zero-order valence-electron chi connectivity index (χ0n) is 14.0. The summed E-state index contributed by atoms with van der Waals surface area (Å²) in [6, 6.07) is 1.70. The normalized spacial score (nSPS) is 14.5. The third-order valence-corrected chi connectivity index (χ3v) is 3.19. The van der Waals surface area contributed by atoms with Gasteiger partial charge in [-0.2, -0.15) is 0 Å². The molecule has 126 valence electrons. The molecule has 0 aliphatic heterocycles. The minimum Gasteiger partial charge on any atom is -0.460 e. The van der Waals surface area contributed by atoms with Crippen LogP contribution in [0.25, 0.3) is 11.5 Å². The van der Waals surface area contributed by atoms with Gasteiger partial charge in [-0.15, -0.1) is 0 Å². The number of hydrogen-bond donors (Lipinski definition) is 1. The molecule has 2 heterocycles. The van der Waals surface area contributed by atoms with E-state index in [1.165, 1.54) is 6.20 Å². The van der Waals surface area contributed by atoms with Crippen LogP contribution in [0.1, 0.15) is 51.9 Å². The Morgan fingerprint density at radius 3 is 2.65 bits per heavy atom. The number of aryl methyl sites for hydroxylation is 1. The molecule has 0 amide bonds. The van der Waals surface area contributed by atoms with Crippen molar-refractivity contribution in [2.75, 3.05) is 0 Å². The largest absolute Gasteiger partial charge is 0.460 e. The number of oxazole rings is 1. The van der Waals surface area contributed by atoms with Gasteiger partial charge in [0.2, 0.25) is 5.89 Å². The van der Waals surface area contributed by atoms with Crippen LogP contribution in [0.15, 0.2) is 21.2 Å². The number of aromatic nitrogens is 2. The van der Waals surface area contributed by atoms with Gasteiger partial charge in [-0.05, 0) is 34.1 Å². The summed E-state index contributed by atoms with van der Waals surface area (Å²) >= 11 is 0. The molecule has 23 heavy (non-hydrogen) atoms. The lowest BCUT2D eigenvalue weighted by molar-refractivity contribution is -0.165. The van der Waals surface area contributed by atoms with E-state index >= 15 is 0 Å². The van der Waals surface area contributed by atoms with Crippen molar-refractivity contribution < 1.29 is 23.6 Å². The zero-order chi connectivity index (χ0) is 17.2. The number of aliphatic hydroxyl groups is 1. The third-order valence-electron chi connectivity index (χ3n) is 3.19. The van der Waals surface area contributed by atoms with E-state index < -0.39 is 23.6 Å². The summed E-state index contributed by atoms with van der Waals surface area (Å²) in [6.45, 7) is 8.89. The Hall–Kier alpha value is -2.15. The standard InChI is InChI=1S/C16H22N2O5/c1-6-10(15(20)22-16(3,4)5)13(19)14-17-8-12(21-14)11-7-9(2)23-18-11/h7-8,10,13,19H,6H2,1-5H3/t10-,13?/m0/s1. The molecule has 0 fully saturated rings. The van der Waals surface area contributed by atoms with Crippen LogP contribution < -0.4 is 0 Å². The van der Waals surface area contributed by atoms with Gasteiger partial charge < -0.3 is 18.8 Å². The summed E-state index contributed by atoms with van der Waals surface area (Å²) in [6.07, 6.45) is 0.658. The van der Waals surface area contributed by atoms with Crippen molar-refractivity contribution in [3.8, 4) is 11.5 Å². The lowest BCUT2D eigenvalue weighted by atomic mass is 9.99. The van der Waals surface area contributed by atoms with Crippen molar-refractivity contribution >= 4 is 5.97 Å². The predicted molar refractivity (Wildman–Crippen MR) is 81.3 cm³/mol. The van der Waals surface area contributed by atoms with Gasteiger partial charge >= 0.3 is 5.97 Å². The summed E-state index contributed by atoms with van der Waals surface area (Å²) in [4.78, 5) is 16.2. The molecule has 2 atom stereocenters. The molecule has 0 aromatic carbocycles. The maximum Gasteiger partial charge on any atom is 0.312 e. The van der Waals surface area contributed by atoms with E-state index in [1.54, 1.807) is 40.7 Å². The molecule has 0 saturated carbocycles. The Morgan fingerprint density at radius 2 is 2.13 bits per heavy atom. The van der Waals surface area contributed by atoms with Crippen LogP contribution in [0.5, 0.6) is 0 Å². The molecule has 0 bridgehead atoms. The summed E-state index contributed by atoms with van der Waals surface area (Å²) < 4.78 is 15.8. The first-order valence-corrected chi connectivity index (χ1v) is 7.51. The summed E-state index contributed by atoms with van der Waals surface area (Å²) in [7, 11) is 0. The average Bonchev–Trinajstić information content (AvgIpc) is 3.05. The van der Waals surface area contributed by atoms with Gasteiger partial charge in [0.15, 0.2) is 11.5 Å². The van der Waals surface area contributed by atoms with Crippen molar-refractivity contribution in [3.05, 3.63) is 23.9 Å². The molecule has 0 radical (unpaired) electrons.